The summed E-state index contributed by atoms with van der Waals surface area (Å²) in [6, 6.07) is 0. The molecule has 0 aromatic carbocycles. The van der Waals surface area contributed by atoms with E-state index in [0.717, 1.165) is 0 Å². The fraction of sp³-hybridized carbons (Fsp3) is 0.833. The van der Waals surface area contributed by atoms with Crippen molar-refractivity contribution in [1.29, 1.82) is 0 Å². The van der Waals surface area contributed by atoms with Crippen LogP contribution in [0.4, 0.5) is 9.18 Å². The Morgan fingerprint density at radius 1 is 1.33 bits per heavy atom. The average Bonchev–Trinajstić information content (AvgIpc) is 2.25. The number of carbonyl (C=O) groups excluding carboxylic acids is 2. The molecule has 2 atom stereocenters. The second-order valence-corrected chi connectivity index (χ2v) is 5.36. The number of methoxy groups -OCH3 is 1. The summed E-state index contributed by atoms with van der Waals surface area (Å²) in [5.74, 6) is -1.35. The number of hydrogen-bond donors (Lipinski definition) is 0. The van der Waals surface area contributed by atoms with Crippen molar-refractivity contribution in [3.8, 4) is 0 Å². The van der Waals surface area contributed by atoms with Gasteiger partial charge in [0.2, 0.25) is 0 Å². The minimum absolute atomic E-state index is 0.130. The molecule has 0 aliphatic carbocycles. The molecule has 1 rings (SSSR count). The van der Waals surface area contributed by atoms with Crippen molar-refractivity contribution in [3.05, 3.63) is 0 Å². The van der Waals surface area contributed by atoms with Gasteiger partial charge in [-0.25, -0.2) is 9.18 Å². The fourth-order valence-corrected chi connectivity index (χ4v) is 1.81. The van der Waals surface area contributed by atoms with Crippen molar-refractivity contribution < 1.29 is 23.5 Å². The zero-order chi connectivity index (χ0) is 13.9. The van der Waals surface area contributed by atoms with E-state index in [9.17, 15) is 14.0 Å². The Morgan fingerprint density at radius 3 is 2.39 bits per heavy atom. The van der Waals surface area contributed by atoms with Crippen molar-refractivity contribution in [2.24, 2.45) is 5.92 Å². The number of piperidine rings is 1. The lowest BCUT2D eigenvalue weighted by Gasteiger charge is -2.34. The Hall–Kier alpha value is -1.33. The molecule has 104 valence electrons. The summed E-state index contributed by atoms with van der Waals surface area (Å²) in [6.45, 7) is 5.42. The van der Waals surface area contributed by atoms with Gasteiger partial charge in [0.1, 0.15) is 11.8 Å². The molecule has 5 nitrogen and oxygen atoms in total. The lowest BCUT2D eigenvalue weighted by molar-refractivity contribution is -0.150. The quantitative estimate of drug-likeness (QED) is 0.675. The number of alkyl halides is 1. The normalized spacial score (nSPS) is 24.6. The van der Waals surface area contributed by atoms with Crippen LogP contribution in [0.3, 0.4) is 0 Å². The molecular formula is C12H20FNO4. The summed E-state index contributed by atoms with van der Waals surface area (Å²) in [5.41, 5.74) is -0.609. The molecule has 1 heterocycles. The second-order valence-electron chi connectivity index (χ2n) is 5.36. The van der Waals surface area contributed by atoms with Crippen molar-refractivity contribution >= 4 is 12.1 Å². The molecule has 0 bridgehead atoms. The van der Waals surface area contributed by atoms with Crippen LogP contribution in [-0.4, -0.2) is 48.9 Å². The van der Waals surface area contributed by atoms with Crippen LogP contribution in [0.25, 0.3) is 0 Å². The minimum atomic E-state index is -1.40. The molecule has 0 saturated carbocycles. The van der Waals surface area contributed by atoms with Gasteiger partial charge in [0.15, 0.2) is 0 Å². The highest BCUT2D eigenvalue weighted by molar-refractivity contribution is 5.74. The summed E-state index contributed by atoms with van der Waals surface area (Å²) in [4.78, 5) is 24.3. The summed E-state index contributed by atoms with van der Waals surface area (Å²) >= 11 is 0. The van der Waals surface area contributed by atoms with Crippen LogP contribution in [0.5, 0.6) is 0 Å². The van der Waals surface area contributed by atoms with E-state index in [1.165, 1.54) is 12.0 Å². The van der Waals surface area contributed by atoms with E-state index in [4.69, 9.17) is 4.74 Å². The molecule has 0 radical (unpaired) electrons. The van der Waals surface area contributed by atoms with Crippen LogP contribution < -0.4 is 0 Å². The number of amides is 1. The van der Waals surface area contributed by atoms with Gasteiger partial charge < -0.3 is 14.4 Å². The minimum Gasteiger partial charge on any atom is -0.469 e. The third-order valence-electron chi connectivity index (χ3n) is 2.70. The van der Waals surface area contributed by atoms with Gasteiger partial charge in [-0.2, -0.15) is 0 Å². The maximum absolute atomic E-state index is 13.8. The highest BCUT2D eigenvalue weighted by Crippen LogP contribution is 2.23. The molecule has 6 heteroatoms. The van der Waals surface area contributed by atoms with Gasteiger partial charge in [-0.15, -0.1) is 0 Å². The van der Waals surface area contributed by atoms with Gasteiger partial charge >= 0.3 is 12.1 Å². The standard InChI is InChI=1S/C12H20FNO4/c1-12(2,3)18-11(16)14-6-5-8(9(13)7-14)10(15)17-4/h8-9H,5-7H2,1-4H3/t8-,9+/m0/s1. The maximum atomic E-state index is 13.8. The van der Waals surface area contributed by atoms with Gasteiger partial charge in [0.05, 0.1) is 19.6 Å². The molecule has 1 aliphatic rings. The molecule has 0 unspecified atom stereocenters. The Morgan fingerprint density at radius 2 is 1.94 bits per heavy atom. The molecule has 1 saturated heterocycles. The van der Waals surface area contributed by atoms with Crippen LogP contribution in [0.1, 0.15) is 27.2 Å². The van der Waals surface area contributed by atoms with Gasteiger partial charge in [0.25, 0.3) is 0 Å². The summed E-state index contributed by atoms with van der Waals surface area (Å²) in [7, 11) is 1.23. The summed E-state index contributed by atoms with van der Waals surface area (Å²) in [6.07, 6.45) is -1.69. The third kappa shape index (κ3) is 3.85. The van der Waals surface area contributed by atoms with E-state index >= 15 is 0 Å². The molecular weight excluding hydrogens is 241 g/mol. The first kappa shape index (κ1) is 14.7. The topological polar surface area (TPSA) is 55.8 Å². The Bertz CT molecular complexity index is 327. The van der Waals surface area contributed by atoms with Gasteiger partial charge in [-0.05, 0) is 27.2 Å². The van der Waals surface area contributed by atoms with E-state index in [1.54, 1.807) is 20.8 Å². The first-order chi connectivity index (χ1) is 8.24. The SMILES string of the molecule is COC(=O)[C@H]1CCN(C(=O)OC(C)(C)C)C[C@H]1F. The highest BCUT2D eigenvalue weighted by atomic mass is 19.1. The zero-order valence-electron chi connectivity index (χ0n) is 11.2. The molecule has 0 aromatic rings. The van der Waals surface area contributed by atoms with E-state index in [0.29, 0.717) is 6.54 Å². The van der Waals surface area contributed by atoms with Crippen molar-refractivity contribution in [2.45, 2.75) is 39.0 Å². The van der Waals surface area contributed by atoms with Gasteiger partial charge in [-0.3, -0.25) is 4.79 Å². The number of hydrogen-bond acceptors (Lipinski definition) is 4. The molecule has 1 aliphatic heterocycles. The largest absolute Gasteiger partial charge is 0.469 e. The predicted octanol–water partition coefficient (Wildman–Crippen LogP) is 1.75. The fourth-order valence-electron chi connectivity index (χ4n) is 1.81. The number of nitrogens with zero attached hydrogens (tertiary/aromatic N) is 1. The number of ether oxygens (including phenoxy) is 2. The van der Waals surface area contributed by atoms with Crippen molar-refractivity contribution in [3.63, 3.8) is 0 Å². The average molecular weight is 261 g/mol. The number of halogens is 1. The predicted molar refractivity (Wildman–Crippen MR) is 62.8 cm³/mol. The van der Waals surface area contributed by atoms with E-state index in [1.807, 2.05) is 0 Å². The highest BCUT2D eigenvalue weighted by Gasteiger charge is 2.37. The molecule has 0 spiro atoms. The molecule has 18 heavy (non-hydrogen) atoms. The van der Waals surface area contributed by atoms with Gasteiger partial charge in [-0.1, -0.05) is 0 Å². The van der Waals surface area contributed by atoms with Crippen LogP contribution >= 0.6 is 0 Å². The molecule has 1 fully saturated rings. The smallest absolute Gasteiger partial charge is 0.410 e. The van der Waals surface area contributed by atoms with Crippen LogP contribution in [-0.2, 0) is 14.3 Å². The Labute approximate surface area is 106 Å². The molecule has 0 N–H and O–H groups in total. The molecule has 0 aromatic heterocycles. The lowest BCUT2D eigenvalue weighted by atomic mass is 9.95. The lowest BCUT2D eigenvalue weighted by Crippen LogP contribution is -2.48. The van der Waals surface area contributed by atoms with Gasteiger partial charge in [0, 0.05) is 6.54 Å². The third-order valence-corrected chi connectivity index (χ3v) is 2.70. The summed E-state index contributed by atoms with van der Waals surface area (Å²) < 4.78 is 23.5. The van der Waals surface area contributed by atoms with Crippen LogP contribution in [0.2, 0.25) is 0 Å². The number of rotatable bonds is 1. The molecule has 1 amide bonds. The first-order valence-corrected chi connectivity index (χ1v) is 5.94. The van der Waals surface area contributed by atoms with E-state index in [-0.39, 0.29) is 13.0 Å². The van der Waals surface area contributed by atoms with Crippen molar-refractivity contribution in [1.82, 2.24) is 4.90 Å². The van der Waals surface area contributed by atoms with Crippen LogP contribution in [0.15, 0.2) is 0 Å². The van der Waals surface area contributed by atoms with Crippen molar-refractivity contribution in [2.75, 3.05) is 20.2 Å². The zero-order valence-corrected chi connectivity index (χ0v) is 11.2. The van der Waals surface area contributed by atoms with E-state index in [2.05, 4.69) is 4.74 Å². The first-order valence-electron chi connectivity index (χ1n) is 5.94. The second kappa shape index (κ2) is 5.54. The number of esters is 1. The summed E-state index contributed by atoms with van der Waals surface area (Å²) in [5, 5.41) is 0. The monoisotopic (exact) mass is 261 g/mol. The van der Waals surface area contributed by atoms with E-state index < -0.39 is 29.8 Å². The van der Waals surface area contributed by atoms with Crippen LogP contribution in [0, 0.1) is 5.92 Å². The number of likely N-dealkylation sites (tertiary alicyclic amines) is 1. The number of carbonyl (C=O) groups is 2. The maximum Gasteiger partial charge on any atom is 0.410 e. The Kier molecular flexibility index (Phi) is 4.53. The Balaban J connectivity index is 2.55.